The maximum Gasteiger partial charge on any atom is 0.287 e. The minimum atomic E-state index is -1.19. The summed E-state index contributed by atoms with van der Waals surface area (Å²) in [5, 5.41) is 2.99. The molecule has 1 aromatic carbocycles. The van der Waals surface area contributed by atoms with Crippen molar-refractivity contribution in [1.82, 2.24) is 5.32 Å². The molecule has 0 spiro atoms. The molecule has 23 heavy (non-hydrogen) atoms. The van der Waals surface area contributed by atoms with E-state index in [0.717, 1.165) is 22.2 Å². The van der Waals surface area contributed by atoms with E-state index >= 15 is 0 Å². The molecule has 122 valence electrons. The highest BCUT2D eigenvalue weighted by atomic mass is 79.9. The van der Waals surface area contributed by atoms with Crippen LogP contribution in [0.25, 0.3) is 0 Å². The second-order valence-electron chi connectivity index (χ2n) is 5.66. The third kappa shape index (κ3) is 4.32. The molecule has 1 atom stereocenters. The zero-order chi connectivity index (χ0) is 16.2. The zero-order valence-electron chi connectivity index (χ0n) is 12.6. The van der Waals surface area contributed by atoms with Gasteiger partial charge in [0.25, 0.3) is 5.91 Å². The van der Waals surface area contributed by atoms with E-state index in [0.29, 0.717) is 11.5 Å². The van der Waals surface area contributed by atoms with Crippen molar-refractivity contribution in [2.45, 2.75) is 42.4 Å². The molecule has 6 heteroatoms. The van der Waals surface area contributed by atoms with Gasteiger partial charge in [-0.2, -0.15) is 0 Å². The molecule has 1 aliphatic carbocycles. The van der Waals surface area contributed by atoms with E-state index in [9.17, 15) is 9.00 Å². The molecule has 4 nitrogen and oxygen atoms in total. The Morgan fingerprint density at radius 3 is 2.57 bits per heavy atom. The SMILES string of the molecule is O=C(NC1CCCC1)c1ccc(C[S@](=O)c2ccc(Br)cc2)o1. The van der Waals surface area contributed by atoms with Crippen LogP contribution >= 0.6 is 15.9 Å². The number of carbonyl (C=O) groups excluding carboxylic acids is 1. The van der Waals surface area contributed by atoms with Gasteiger partial charge in [-0.3, -0.25) is 9.00 Å². The molecule has 0 bridgehead atoms. The van der Waals surface area contributed by atoms with Gasteiger partial charge in [-0.1, -0.05) is 28.8 Å². The van der Waals surface area contributed by atoms with Crippen molar-refractivity contribution in [3.8, 4) is 0 Å². The Bertz CT molecular complexity index is 705. The van der Waals surface area contributed by atoms with Crippen LogP contribution in [0.3, 0.4) is 0 Å². The van der Waals surface area contributed by atoms with Gasteiger partial charge in [0, 0.05) is 15.4 Å². The van der Waals surface area contributed by atoms with E-state index in [4.69, 9.17) is 4.42 Å². The van der Waals surface area contributed by atoms with Crippen LogP contribution in [0.1, 0.15) is 42.0 Å². The highest BCUT2D eigenvalue weighted by molar-refractivity contribution is 9.10. The van der Waals surface area contributed by atoms with Gasteiger partial charge in [0.05, 0.1) is 16.6 Å². The summed E-state index contributed by atoms with van der Waals surface area (Å²) in [6.45, 7) is 0. The summed E-state index contributed by atoms with van der Waals surface area (Å²) < 4.78 is 18.8. The number of amides is 1. The molecule has 3 rings (SSSR count). The third-order valence-electron chi connectivity index (χ3n) is 3.93. The van der Waals surface area contributed by atoms with E-state index in [1.165, 1.54) is 12.8 Å². The lowest BCUT2D eigenvalue weighted by Gasteiger charge is -2.09. The Kier molecular flexibility index (Phi) is 5.33. The largest absolute Gasteiger partial charge is 0.455 e. The first kappa shape index (κ1) is 16.5. The lowest BCUT2D eigenvalue weighted by Crippen LogP contribution is -2.32. The molecule has 1 amide bonds. The van der Waals surface area contributed by atoms with Gasteiger partial charge in [0.15, 0.2) is 5.76 Å². The van der Waals surface area contributed by atoms with Crippen LogP contribution in [-0.2, 0) is 16.6 Å². The van der Waals surface area contributed by atoms with E-state index in [1.54, 1.807) is 12.1 Å². The molecule has 0 radical (unpaired) electrons. The Labute approximate surface area is 146 Å². The Morgan fingerprint density at radius 1 is 1.17 bits per heavy atom. The van der Waals surface area contributed by atoms with E-state index in [2.05, 4.69) is 21.2 Å². The van der Waals surface area contributed by atoms with Gasteiger partial charge in [0.1, 0.15) is 5.76 Å². The number of furan rings is 1. The predicted molar refractivity (Wildman–Crippen MR) is 92.7 cm³/mol. The summed E-state index contributed by atoms with van der Waals surface area (Å²) in [4.78, 5) is 12.9. The van der Waals surface area contributed by atoms with Crippen molar-refractivity contribution in [1.29, 1.82) is 0 Å². The van der Waals surface area contributed by atoms with Crippen LogP contribution in [0.5, 0.6) is 0 Å². The van der Waals surface area contributed by atoms with Gasteiger partial charge < -0.3 is 9.73 Å². The first-order valence-electron chi connectivity index (χ1n) is 7.65. The van der Waals surface area contributed by atoms with Gasteiger partial charge in [-0.05, 0) is 49.2 Å². The fourth-order valence-corrected chi connectivity index (χ4v) is 3.99. The Balaban J connectivity index is 1.61. The summed E-state index contributed by atoms with van der Waals surface area (Å²) in [5.41, 5.74) is 0. The minimum Gasteiger partial charge on any atom is -0.455 e. The summed E-state index contributed by atoms with van der Waals surface area (Å²) in [5.74, 6) is 0.929. The van der Waals surface area contributed by atoms with Crippen LogP contribution in [-0.4, -0.2) is 16.2 Å². The summed E-state index contributed by atoms with van der Waals surface area (Å²) in [6.07, 6.45) is 4.40. The van der Waals surface area contributed by atoms with Gasteiger partial charge in [-0.15, -0.1) is 0 Å². The molecule has 1 aliphatic rings. The van der Waals surface area contributed by atoms with Gasteiger partial charge >= 0.3 is 0 Å². The average molecular weight is 396 g/mol. The van der Waals surface area contributed by atoms with Gasteiger partial charge in [-0.25, -0.2) is 0 Å². The van der Waals surface area contributed by atoms with Crippen molar-refractivity contribution >= 4 is 32.6 Å². The van der Waals surface area contributed by atoms with E-state index in [-0.39, 0.29) is 17.7 Å². The van der Waals surface area contributed by atoms with E-state index < -0.39 is 10.8 Å². The molecule has 1 saturated carbocycles. The third-order valence-corrected chi connectivity index (χ3v) is 5.80. The molecule has 0 saturated heterocycles. The van der Waals surface area contributed by atoms with Crippen molar-refractivity contribution in [3.05, 3.63) is 52.4 Å². The lowest BCUT2D eigenvalue weighted by atomic mass is 10.2. The zero-order valence-corrected chi connectivity index (χ0v) is 15.0. The Morgan fingerprint density at radius 2 is 1.87 bits per heavy atom. The molecule has 0 unspecified atom stereocenters. The number of carbonyl (C=O) groups is 1. The van der Waals surface area contributed by atoms with Crippen LogP contribution < -0.4 is 5.32 Å². The molecule has 1 aromatic heterocycles. The number of benzene rings is 1. The van der Waals surface area contributed by atoms with Crippen molar-refractivity contribution in [2.24, 2.45) is 0 Å². The van der Waals surface area contributed by atoms with Crippen molar-refractivity contribution in [2.75, 3.05) is 0 Å². The number of hydrogen-bond donors (Lipinski definition) is 1. The fourth-order valence-electron chi connectivity index (χ4n) is 2.70. The minimum absolute atomic E-state index is 0.183. The lowest BCUT2D eigenvalue weighted by molar-refractivity contribution is 0.0908. The van der Waals surface area contributed by atoms with Gasteiger partial charge in [0.2, 0.25) is 0 Å². The fraction of sp³-hybridized carbons (Fsp3) is 0.353. The smallest absolute Gasteiger partial charge is 0.287 e. The molecule has 1 N–H and O–H groups in total. The maximum atomic E-state index is 12.3. The quantitative estimate of drug-likeness (QED) is 0.831. The number of rotatable bonds is 5. The summed E-state index contributed by atoms with van der Waals surface area (Å²) in [7, 11) is -1.19. The summed E-state index contributed by atoms with van der Waals surface area (Å²) >= 11 is 3.35. The van der Waals surface area contributed by atoms with Crippen molar-refractivity contribution < 1.29 is 13.4 Å². The number of nitrogens with one attached hydrogen (secondary N) is 1. The molecule has 1 fully saturated rings. The first-order chi connectivity index (χ1) is 11.1. The highest BCUT2D eigenvalue weighted by Crippen LogP contribution is 2.20. The monoisotopic (exact) mass is 395 g/mol. The highest BCUT2D eigenvalue weighted by Gasteiger charge is 2.20. The molecule has 2 aromatic rings. The van der Waals surface area contributed by atoms with Crippen LogP contribution in [0.15, 0.2) is 50.2 Å². The van der Waals surface area contributed by atoms with Crippen LogP contribution in [0, 0.1) is 0 Å². The number of hydrogen-bond acceptors (Lipinski definition) is 3. The molecule has 0 aliphatic heterocycles. The van der Waals surface area contributed by atoms with Crippen molar-refractivity contribution in [3.63, 3.8) is 0 Å². The molecular formula is C17H18BrNO3S. The van der Waals surface area contributed by atoms with Crippen LogP contribution in [0.2, 0.25) is 0 Å². The molecular weight excluding hydrogens is 378 g/mol. The predicted octanol–water partition coefficient (Wildman–Crippen LogP) is 4.02. The maximum absolute atomic E-state index is 12.3. The normalized spacial score (nSPS) is 16.4. The van der Waals surface area contributed by atoms with E-state index in [1.807, 2.05) is 24.3 Å². The topological polar surface area (TPSA) is 59.3 Å². The van der Waals surface area contributed by atoms with Crippen LogP contribution in [0.4, 0.5) is 0 Å². The second kappa shape index (κ2) is 7.45. The second-order valence-corrected chi connectivity index (χ2v) is 8.03. The first-order valence-corrected chi connectivity index (χ1v) is 9.76. The standard InChI is InChI=1S/C17H18BrNO3S/c18-12-5-8-15(9-6-12)23(21)11-14-7-10-16(22-14)17(20)19-13-3-1-2-4-13/h5-10,13H,1-4,11H2,(H,19,20)/t23-/m0/s1. The summed E-state index contributed by atoms with van der Waals surface area (Å²) in [6, 6.07) is 11.0. The average Bonchev–Trinajstić information content (AvgIpc) is 3.19. The Hall–Kier alpha value is -1.40. The molecule has 1 heterocycles. The number of halogens is 1.